The smallest absolute Gasteiger partial charge is 0.260 e. The van der Waals surface area contributed by atoms with Crippen LogP contribution in [0.1, 0.15) is 0 Å². The quantitative estimate of drug-likeness (QED) is 0.730. The van der Waals surface area contributed by atoms with Crippen LogP contribution in [0.25, 0.3) is 23.0 Å². The number of nitrogens with zero attached hydrogens (tertiary/aromatic N) is 4. The summed E-state index contributed by atoms with van der Waals surface area (Å²) in [5.41, 5.74) is 7.71. The highest BCUT2D eigenvalue weighted by molar-refractivity contribution is 9.10. The van der Waals surface area contributed by atoms with Crippen molar-refractivity contribution in [1.29, 1.82) is 0 Å². The summed E-state index contributed by atoms with van der Waals surface area (Å²) in [6.07, 6.45) is 4.72. The van der Waals surface area contributed by atoms with E-state index in [9.17, 15) is 0 Å². The van der Waals surface area contributed by atoms with Crippen molar-refractivity contribution in [3.8, 4) is 23.0 Å². The van der Waals surface area contributed by atoms with E-state index in [0.29, 0.717) is 28.7 Å². The molecule has 0 bridgehead atoms. The Bertz CT molecular complexity index is 713. The van der Waals surface area contributed by atoms with Crippen molar-refractivity contribution < 1.29 is 4.52 Å². The Morgan fingerprint density at radius 3 is 2.84 bits per heavy atom. The lowest BCUT2D eigenvalue weighted by atomic mass is 10.2. The number of hydrogen-bond acceptors (Lipinski definition) is 6. The lowest BCUT2D eigenvalue weighted by molar-refractivity contribution is 0.432. The molecule has 2 heterocycles. The minimum absolute atomic E-state index is 0.352. The van der Waals surface area contributed by atoms with Crippen LogP contribution < -0.4 is 5.73 Å². The van der Waals surface area contributed by atoms with Crippen molar-refractivity contribution >= 4 is 21.6 Å². The molecule has 0 amide bonds. The summed E-state index contributed by atoms with van der Waals surface area (Å²) in [7, 11) is 0. The van der Waals surface area contributed by atoms with E-state index in [0.717, 1.165) is 4.47 Å². The predicted molar refractivity (Wildman–Crippen MR) is 72.9 cm³/mol. The van der Waals surface area contributed by atoms with Gasteiger partial charge in [0.05, 0.1) is 11.8 Å². The maximum absolute atomic E-state index is 5.92. The third kappa shape index (κ3) is 2.32. The molecule has 19 heavy (non-hydrogen) atoms. The van der Waals surface area contributed by atoms with Crippen molar-refractivity contribution in [2.75, 3.05) is 5.73 Å². The van der Waals surface area contributed by atoms with E-state index in [4.69, 9.17) is 10.3 Å². The van der Waals surface area contributed by atoms with E-state index in [1.165, 1.54) is 0 Å². The van der Waals surface area contributed by atoms with E-state index >= 15 is 0 Å². The molecule has 94 valence electrons. The molecule has 0 aliphatic heterocycles. The fourth-order valence-electron chi connectivity index (χ4n) is 1.58. The molecule has 0 unspecified atom stereocenters. The van der Waals surface area contributed by atoms with Gasteiger partial charge in [0.1, 0.15) is 5.69 Å². The Morgan fingerprint density at radius 2 is 2.11 bits per heavy atom. The molecule has 2 N–H and O–H groups in total. The number of nitrogens with two attached hydrogens (primary N) is 1. The highest BCUT2D eigenvalue weighted by Crippen LogP contribution is 2.28. The van der Waals surface area contributed by atoms with Gasteiger partial charge in [-0.15, -0.1) is 0 Å². The minimum Gasteiger partial charge on any atom is -0.398 e. The number of anilines is 1. The predicted octanol–water partition coefficient (Wildman–Crippen LogP) is 2.54. The second-order valence-corrected chi connectivity index (χ2v) is 4.66. The average Bonchev–Trinajstić information content (AvgIpc) is 2.89. The van der Waals surface area contributed by atoms with Gasteiger partial charge in [-0.1, -0.05) is 21.1 Å². The maximum Gasteiger partial charge on any atom is 0.260 e. The van der Waals surface area contributed by atoms with Crippen molar-refractivity contribution in [3.63, 3.8) is 0 Å². The second-order valence-electron chi connectivity index (χ2n) is 3.75. The Labute approximate surface area is 116 Å². The maximum atomic E-state index is 5.92. The van der Waals surface area contributed by atoms with Crippen LogP contribution in [0.3, 0.4) is 0 Å². The summed E-state index contributed by atoms with van der Waals surface area (Å²) in [6.45, 7) is 0. The highest BCUT2D eigenvalue weighted by atomic mass is 79.9. The normalized spacial score (nSPS) is 10.6. The molecule has 0 spiro atoms. The summed E-state index contributed by atoms with van der Waals surface area (Å²) >= 11 is 3.35. The molecule has 0 saturated heterocycles. The van der Waals surface area contributed by atoms with Gasteiger partial charge >= 0.3 is 0 Å². The number of rotatable bonds is 2. The van der Waals surface area contributed by atoms with Crippen LogP contribution in [-0.2, 0) is 0 Å². The molecule has 2 aromatic heterocycles. The van der Waals surface area contributed by atoms with Gasteiger partial charge in [-0.25, -0.2) is 4.98 Å². The first-order valence-electron chi connectivity index (χ1n) is 5.39. The van der Waals surface area contributed by atoms with Crippen LogP contribution in [0, 0.1) is 0 Å². The molecule has 3 rings (SSSR count). The minimum atomic E-state index is 0.352. The Balaban J connectivity index is 2.02. The number of aromatic nitrogens is 4. The summed E-state index contributed by atoms with van der Waals surface area (Å²) in [5, 5.41) is 3.87. The zero-order chi connectivity index (χ0) is 13.2. The molecular formula is C12H8BrN5O. The van der Waals surface area contributed by atoms with Crippen LogP contribution in [0.15, 0.2) is 45.8 Å². The van der Waals surface area contributed by atoms with E-state index in [2.05, 4.69) is 36.0 Å². The molecular weight excluding hydrogens is 310 g/mol. The molecule has 0 aliphatic rings. The van der Waals surface area contributed by atoms with Crippen LogP contribution in [0.5, 0.6) is 0 Å². The molecule has 1 aromatic carbocycles. The average molecular weight is 318 g/mol. The van der Waals surface area contributed by atoms with Gasteiger partial charge in [0.15, 0.2) is 0 Å². The first kappa shape index (κ1) is 11.8. The third-order valence-corrected chi connectivity index (χ3v) is 2.96. The highest BCUT2D eigenvalue weighted by Gasteiger charge is 2.13. The zero-order valence-corrected chi connectivity index (χ0v) is 11.2. The van der Waals surface area contributed by atoms with Crippen molar-refractivity contribution in [3.05, 3.63) is 41.3 Å². The van der Waals surface area contributed by atoms with E-state index in [1.54, 1.807) is 24.7 Å². The van der Waals surface area contributed by atoms with Gasteiger partial charge in [0, 0.05) is 22.6 Å². The van der Waals surface area contributed by atoms with Crippen molar-refractivity contribution in [2.45, 2.75) is 0 Å². The van der Waals surface area contributed by atoms with Gasteiger partial charge in [-0.05, 0) is 18.2 Å². The number of benzene rings is 1. The summed E-state index contributed by atoms with van der Waals surface area (Å²) in [4.78, 5) is 12.3. The third-order valence-electron chi connectivity index (χ3n) is 2.46. The lowest BCUT2D eigenvalue weighted by Gasteiger charge is -2.00. The molecule has 0 atom stereocenters. The number of hydrogen-bond donors (Lipinski definition) is 1. The van der Waals surface area contributed by atoms with E-state index in [-0.39, 0.29) is 0 Å². The first-order valence-corrected chi connectivity index (χ1v) is 6.19. The molecule has 7 heteroatoms. The molecule has 0 fully saturated rings. The SMILES string of the molecule is Nc1cc(Br)ccc1-c1nc(-c2cnccn2)no1. The van der Waals surface area contributed by atoms with Gasteiger partial charge in [0.25, 0.3) is 5.89 Å². The van der Waals surface area contributed by atoms with E-state index < -0.39 is 0 Å². The molecule has 0 aliphatic carbocycles. The molecule has 3 aromatic rings. The summed E-state index contributed by atoms with van der Waals surface area (Å²) < 4.78 is 6.09. The van der Waals surface area contributed by atoms with Crippen LogP contribution >= 0.6 is 15.9 Å². The molecule has 0 radical (unpaired) electrons. The van der Waals surface area contributed by atoms with Crippen LogP contribution in [-0.4, -0.2) is 20.1 Å². The fraction of sp³-hybridized carbons (Fsp3) is 0. The second kappa shape index (κ2) is 4.77. The van der Waals surface area contributed by atoms with Gasteiger partial charge in [0.2, 0.25) is 5.82 Å². The molecule has 6 nitrogen and oxygen atoms in total. The Morgan fingerprint density at radius 1 is 1.21 bits per heavy atom. The number of halogens is 1. The topological polar surface area (TPSA) is 90.7 Å². The van der Waals surface area contributed by atoms with E-state index in [1.807, 2.05) is 12.1 Å². The fourth-order valence-corrected chi connectivity index (χ4v) is 1.96. The summed E-state index contributed by atoms with van der Waals surface area (Å²) in [5.74, 6) is 0.732. The monoisotopic (exact) mass is 317 g/mol. The summed E-state index contributed by atoms with van der Waals surface area (Å²) in [6, 6.07) is 5.45. The van der Waals surface area contributed by atoms with Crippen molar-refractivity contribution in [2.24, 2.45) is 0 Å². The molecule has 0 saturated carbocycles. The van der Waals surface area contributed by atoms with Gasteiger partial charge in [-0.3, -0.25) is 4.98 Å². The lowest BCUT2D eigenvalue weighted by Crippen LogP contribution is -1.90. The number of nitrogen functional groups attached to an aromatic ring is 1. The van der Waals surface area contributed by atoms with Gasteiger partial charge in [-0.2, -0.15) is 4.98 Å². The van der Waals surface area contributed by atoms with Crippen LogP contribution in [0.4, 0.5) is 5.69 Å². The largest absolute Gasteiger partial charge is 0.398 e. The zero-order valence-electron chi connectivity index (χ0n) is 9.62. The first-order chi connectivity index (χ1) is 9.24. The standard InChI is InChI=1S/C12H8BrN5O/c13-7-1-2-8(9(14)5-7)12-17-11(18-19-12)10-6-15-3-4-16-10/h1-6H,14H2. The Kier molecular flexibility index (Phi) is 2.96. The van der Waals surface area contributed by atoms with Gasteiger partial charge < -0.3 is 10.3 Å². The van der Waals surface area contributed by atoms with Crippen LogP contribution in [0.2, 0.25) is 0 Å². The Hall–Kier alpha value is -2.28. The van der Waals surface area contributed by atoms with Crippen molar-refractivity contribution in [1.82, 2.24) is 20.1 Å².